The lowest BCUT2D eigenvalue weighted by molar-refractivity contribution is 0.271. The summed E-state index contributed by atoms with van der Waals surface area (Å²) in [5.74, 6) is 1.44. The number of pyridine rings is 1. The number of fused-ring (bicyclic) bond motifs is 1. The van der Waals surface area contributed by atoms with Crippen molar-refractivity contribution >= 4 is 10.9 Å². The Balaban J connectivity index is 2.32. The normalized spacial score (nSPS) is 11.2. The molecule has 0 amide bonds. The third kappa shape index (κ3) is 3.44. The first-order chi connectivity index (χ1) is 9.10. The van der Waals surface area contributed by atoms with Crippen molar-refractivity contribution in [3.63, 3.8) is 0 Å². The Hall–Kier alpha value is -1.61. The Bertz CT molecular complexity index is 564. The van der Waals surface area contributed by atoms with Crippen LogP contribution in [0.15, 0.2) is 24.3 Å². The monoisotopic (exact) mass is 258 g/mol. The minimum absolute atomic E-state index is 0.529. The second-order valence-corrected chi connectivity index (χ2v) is 5.35. The number of benzene rings is 1. The van der Waals surface area contributed by atoms with Crippen LogP contribution in [0, 0.1) is 12.8 Å². The van der Waals surface area contributed by atoms with E-state index in [2.05, 4.69) is 37.9 Å². The highest BCUT2D eigenvalue weighted by Gasteiger charge is 2.05. The largest absolute Gasteiger partial charge is 0.493 e. The van der Waals surface area contributed by atoms with Gasteiger partial charge in [0, 0.05) is 17.5 Å². The molecule has 0 saturated carbocycles. The molecule has 0 radical (unpaired) electrons. The number of nitrogens with zero attached hydrogens (tertiary/aromatic N) is 1. The van der Waals surface area contributed by atoms with E-state index in [9.17, 15) is 0 Å². The molecule has 0 aliphatic rings. The third-order valence-electron chi connectivity index (χ3n) is 3.02. The highest BCUT2D eigenvalue weighted by Crippen LogP contribution is 2.23. The van der Waals surface area contributed by atoms with Gasteiger partial charge in [-0.2, -0.15) is 0 Å². The molecule has 0 unspecified atom stereocenters. The van der Waals surface area contributed by atoms with Gasteiger partial charge in [-0.3, -0.25) is 4.98 Å². The number of aromatic nitrogens is 1. The van der Waals surface area contributed by atoms with E-state index in [4.69, 9.17) is 10.5 Å². The first-order valence-electron chi connectivity index (χ1n) is 6.83. The number of rotatable bonds is 5. The Labute approximate surface area is 114 Å². The van der Waals surface area contributed by atoms with Crippen LogP contribution < -0.4 is 10.5 Å². The first kappa shape index (κ1) is 13.8. The van der Waals surface area contributed by atoms with Gasteiger partial charge in [0.05, 0.1) is 12.1 Å². The van der Waals surface area contributed by atoms with Gasteiger partial charge in [-0.25, -0.2) is 0 Å². The number of ether oxygens (including phenoxy) is 1. The lowest BCUT2D eigenvalue weighted by Gasteiger charge is -2.11. The molecule has 0 aliphatic carbocycles. The topological polar surface area (TPSA) is 48.1 Å². The summed E-state index contributed by atoms with van der Waals surface area (Å²) in [7, 11) is 0. The van der Waals surface area contributed by atoms with Gasteiger partial charge in [-0.1, -0.05) is 13.8 Å². The molecule has 1 heterocycles. The van der Waals surface area contributed by atoms with E-state index < -0.39 is 0 Å². The zero-order valence-corrected chi connectivity index (χ0v) is 11.9. The van der Waals surface area contributed by atoms with Crippen molar-refractivity contribution in [3.8, 4) is 5.75 Å². The number of nitrogens with two attached hydrogens (primary N) is 1. The Morgan fingerprint density at radius 3 is 2.74 bits per heavy atom. The van der Waals surface area contributed by atoms with E-state index in [1.807, 2.05) is 12.1 Å². The Morgan fingerprint density at radius 2 is 2.05 bits per heavy atom. The van der Waals surface area contributed by atoms with Gasteiger partial charge in [0.1, 0.15) is 5.75 Å². The van der Waals surface area contributed by atoms with Crippen LogP contribution in [0.4, 0.5) is 0 Å². The molecule has 3 nitrogen and oxygen atoms in total. The quantitative estimate of drug-likeness (QED) is 0.896. The third-order valence-corrected chi connectivity index (χ3v) is 3.02. The van der Waals surface area contributed by atoms with E-state index in [0.29, 0.717) is 12.5 Å². The van der Waals surface area contributed by atoms with Gasteiger partial charge in [-0.05, 0) is 49.2 Å². The smallest absolute Gasteiger partial charge is 0.120 e. The summed E-state index contributed by atoms with van der Waals surface area (Å²) in [4.78, 5) is 4.63. The van der Waals surface area contributed by atoms with Gasteiger partial charge in [0.15, 0.2) is 0 Å². The number of hydrogen-bond acceptors (Lipinski definition) is 3. The summed E-state index contributed by atoms with van der Waals surface area (Å²) in [6, 6.07) is 8.20. The molecular weight excluding hydrogens is 236 g/mol. The molecule has 102 valence electrons. The van der Waals surface area contributed by atoms with Crippen LogP contribution in [0.25, 0.3) is 10.9 Å². The van der Waals surface area contributed by atoms with E-state index >= 15 is 0 Å². The van der Waals surface area contributed by atoms with Gasteiger partial charge >= 0.3 is 0 Å². The predicted octanol–water partition coefficient (Wildman–Crippen LogP) is 3.08. The molecule has 1 aromatic heterocycles. The Kier molecular flexibility index (Phi) is 4.38. The molecule has 0 fully saturated rings. The standard InChI is InChI=1S/C16H22N2O/c1-11(2)10-19-14-4-5-16-15(9-14)12(3)8-13(18-16)6-7-17/h4-5,8-9,11H,6-7,10,17H2,1-3H3. The average molecular weight is 258 g/mol. The highest BCUT2D eigenvalue weighted by atomic mass is 16.5. The second-order valence-electron chi connectivity index (χ2n) is 5.35. The summed E-state index contributed by atoms with van der Waals surface area (Å²) in [5, 5.41) is 1.15. The molecule has 0 saturated heterocycles. The minimum atomic E-state index is 0.529. The first-order valence-corrected chi connectivity index (χ1v) is 6.83. The maximum atomic E-state index is 5.76. The van der Waals surface area contributed by atoms with Crippen molar-refractivity contribution in [2.75, 3.05) is 13.2 Å². The number of hydrogen-bond donors (Lipinski definition) is 1. The highest BCUT2D eigenvalue weighted by molar-refractivity contribution is 5.83. The maximum Gasteiger partial charge on any atom is 0.120 e. The molecule has 0 atom stereocenters. The Morgan fingerprint density at radius 1 is 1.26 bits per heavy atom. The molecule has 0 spiro atoms. The lowest BCUT2D eigenvalue weighted by atomic mass is 10.1. The fourth-order valence-corrected chi connectivity index (χ4v) is 2.07. The van der Waals surface area contributed by atoms with Crippen molar-refractivity contribution in [1.29, 1.82) is 0 Å². The zero-order chi connectivity index (χ0) is 13.8. The van der Waals surface area contributed by atoms with Crippen molar-refractivity contribution in [1.82, 2.24) is 4.98 Å². The minimum Gasteiger partial charge on any atom is -0.493 e. The molecule has 0 bridgehead atoms. The van der Waals surface area contributed by atoms with E-state index in [0.717, 1.165) is 35.4 Å². The molecule has 2 rings (SSSR count). The number of aryl methyl sites for hydroxylation is 1. The SMILES string of the molecule is Cc1cc(CCN)nc2ccc(OCC(C)C)cc12. The summed E-state index contributed by atoms with van der Waals surface area (Å²) in [5.41, 5.74) is 8.88. The molecular formula is C16H22N2O. The summed E-state index contributed by atoms with van der Waals surface area (Å²) < 4.78 is 5.76. The molecule has 2 aromatic rings. The van der Waals surface area contributed by atoms with Crippen LogP contribution in [0.1, 0.15) is 25.1 Å². The zero-order valence-electron chi connectivity index (χ0n) is 11.9. The average Bonchev–Trinajstić information content (AvgIpc) is 2.37. The van der Waals surface area contributed by atoms with Crippen LogP contribution in [0.5, 0.6) is 5.75 Å². The molecule has 0 aliphatic heterocycles. The van der Waals surface area contributed by atoms with Gasteiger partial charge in [0.25, 0.3) is 0 Å². The van der Waals surface area contributed by atoms with Gasteiger partial charge < -0.3 is 10.5 Å². The van der Waals surface area contributed by atoms with Crippen LogP contribution >= 0.6 is 0 Å². The fourth-order valence-electron chi connectivity index (χ4n) is 2.07. The second kappa shape index (κ2) is 6.02. The van der Waals surface area contributed by atoms with Gasteiger partial charge in [-0.15, -0.1) is 0 Å². The molecule has 2 N–H and O–H groups in total. The van der Waals surface area contributed by atoms with Crippen molar-refractivity contribution < 1.29 is 4.74 Å². The summed E-state index contributed by atoms with van der Waals surface area (Å²) >= 11 is 0. The van der Waals surface area contributed by atoms with Gasteiger partial charge in [0.2, 0.25) is 0 Å². The van der Waals surface area contributed by atoms with Crippen molar-refractivity contribution in [2.45, 2.75) is 27.2 Å². The van der Waals surface area contributed by atoms with Crippen LogP contribution in [-0.2, 0) is 6.42 Å². The summed E-state index contributed by atoms with van der Waals surface area (Å²) in [6.07, 6.45) is 0.822. The summed E-state index contributed by atoms with van der Waals surface area (Å²) in [6.45, 7) is 7.77. The molecule has 1 aromatic carbocycles. The lowest BCUT2D eigenvalue weighted by Crippen LogP contribution is -2.06. The van der Waals surface area contributed by atoms with E-state index in [-0.39, 0.29) is 0 Å². The van der Waals surface area contributed by atoms with E-state index in [1.54, 1.807) is 0 Å². The van der Waals surface area contributed by atoms with Crippen molar-refractivity contribution in [2.24, 2.45) is 11.7 Å². The van der Waals surface area contributed by atoms with Crippen LogP contribution in [-0.4, -0.2) is 18.1 Å². The van der Waals surface area contributed by atoms with Crippen LogP contribution in [0.2, 0.25) is 0 Å². The van der Waals surface area contributed by atoms with Crippen LogP contribution in [0.3, 0.4) is 0 Å². The molecule has 3 heteroatoms. The van der Waals surface area contributed by atoms with E-state index in [1.165, 1.54) is 5.56 Å². The fraction of sp³-hybridized carbons (Fsp3) is 0.438. The predicted molar refractivity (Wildman–Crippen MR) is 79.6 cm³/mol. The maximum absolute atomic E-state index is 5.76. The molecule has 19 heavy (non-hydrogen) atoms. The van der Waals surface area contributed by atoms with Crippen molar-refractivity contribution in [3.05, 3.63) is 35.5 Å².